The monoisotopic (exact) mass is 380 g/mol. The first-order chi connectivity index (χ1) is 6.83. The standard InChI is InChI=1S/C11H11N2O.Ir/c1-13-10(14-2)8-12-11(13)9-6-4-3-5-7-9;/h3-6,8H,1-2H3;/q-1;. The van der Waals surface area contributed by atoms with Gasteiger partial charge in [-0.1, -0.05) is 0 Å². The molecule has 0 unspecified atom stereocenters. The minimum Gasteiger partial charge on any atom is -0.482 e. The van der Waals surface area contributed by atoms with Gasteiger partial charge in [0.05, 0.1) is 19.1 Å². The molecule has 0 atom stereocenters. The van der Waals surface area contributed by atoms with Gasteiger partial charge in [0.1, 0.15) is 0 Å². The van der Waals surface area contributed by atoms with Gasteiger partial charge in [-0.05, 0) is 0 Å². The third-order valence-corrected chi connectivity index (χ3v) is 2.10. The molecule has 2 aromatic rings. The Morgan fingerprint density at radius 2 is 2.20 bits per heavy atom. The van der Waals surface area contributed by atoms with Crippen LogP contribution in [0.3, 0.4) is 0 Å². The molecule has 1 aromatic carbocycles. The molecule has 2 rings (SSSR count). The summed E-state index contributed by atoms with van der Waals surface area (Å²) in [5, 5.41) is 0. The molecule has 4 heteroatoms. The molecule has 0 bridgehead atoms. The van der Waals surface area contributed by atoms with Crippen molar-refractivity contribution in [2.45, 2.75) is 0 Å². The van der Waals surface area contributed by atoms with Crippen LogP contribution >= 0.6 is 0 Å². The molecule has 1 heterocycles. The summed E-state index contributed by atoms with van der Waals surface area (Å²) in [5.41, 5.74) is 0.971. The Balaban J connectivity index is 0.00000112. The molecular formula is C11H11IrN2O-. The number of imidazole rings is 1. The van der Waals surface area contributed by atoms with E-state index in [0.29, 0.717) is 0 Å². The van der Waals surface area contributed by atoms with Gasteiger partial charge in [0.25, 0.3) is 0 Å². The van der Waals surface area contributed by atoms with Gasteiger partial charge in [-0.3, -0.25) is 4.98 Å². The summed E-state index contributed by atoms with van der Waals surface area (Å²) in [6.07, 6.45) is 1.70. The Morgan fingerprint density at radius 1 is 1.40 bits per heavy atom. The van der Waals surface area contributed by atoms with Crippen LogP contribution in [0, 0.1) is 6.07 Å². The first-order valence-electron chi connectivity index (χ1n) is 4.35. The largest absolute Gasteiger partial charge is 0.482 e. The van der Waals surface area contributed by atoms with Crippen molar-refractivity contribution in [3.05, 3.63) is 36.5 Å². The smallest absolute Gasteiger partial charge is 0.204 e. The zero-order chi connectivity index (χ0) is 9.97. The maximum atomic E-state index is 5.13. The Morgan fingerprint density at radius 3 is 2.73 bits per heavy atom. The van der Waals surface area contributed by atoms with Crippen LogP contribution in [0.4, 0.5) is 0 Å². The maximum absolute atomic E-state index is 5.13. The molecule has 0 saturated heterocycles. The van der Waals surface area contributed by atoms with Gasteiger partial charge in [0.2, 0.25) is 5.88 Å². The molecule has 15 heavy (non-hydrogen) atoms. The fourth-order valence-electron chi connectivity index (χ4n) is 1.37. The molecule has 3 nitrogen and oxygen atoms in total. The second-order valence-electron chi connectivity index (χ2n) is 2.96. The van der Waals surface area contributed by atoms with Gasteiger partial charge in [-0.15, -0.1) is 35.9 Å². The van der Waals surface area contributed by atoms with Crippen LogP contribution in [0.5, 0.6) is 5.88 Å². The average molecular weight is 379 g/mol. The van der Waals surface area contributed by atoms with E-state index in [4.69, 9.17) is 4.74 Å². The van der Waals surface area contributed by atoms with Crippen LogP contribution in [0.25, 0.3) is 11.4 Å². The molecule has 0 aliphatic heterocycles. The second kappa shape index (κ2) is 5.10. The SMILES string of the molecule is COc1cnc(-c2[c-]cccc2)n1C.[Ir]. The van der Waals surface area contributed by atoms with Gasteiger partial charge < -0.3 is 9.30 Å². The van der Waals surface area contributed by atoms with Crippen molar-refractivity contribution in [3.8, 4) is 17.3 Å². The molecule has 0 amide bonds. The molecule has 0 fully saturated rings. The topological polar surface area (TPSA) is 27.1 Å². The van der Waals surface area contributed by atoms with Crippen molar-refractivity contribution >= 4 is 0 Å². The zero-order valence-electron chi connectivity index (χ0n) is 8.52. The first kappa shape index (κ1) is 12.0. The van der Waals surface area contributed by atoms with E-state index >= 15 is 0 Å². The number of aromatic nitrogens is 2. The van der Waals surface area contributed by atoms with E-state index in [1.54, 1.807) is 13.3 Å². The van der Waals surface area contributed by atoms with E-state index < -0.39 is 0 Å². The minimum atomic E-state index is 0. The van der Waals surface area contributed by atoms with Gasteiger partial charge >= 0.3 is 0 Å². The number of nitrogens with zero attached hydrogens (tertiary/aromatic N) is 2. The molecule has 0 aliphatic rings. The summed E-state index contributed by atoms with van der Waals surface area (Å²) in [6.45, 7) is 0. The number of rotatable bonds is 2. The van der Waals surface area contributed by atoms with E-state index in [2.05, 4.69) is 11.1 Å². The third kappa shape index (κ3) is 2.28. The van der Waals surface area contributed by atoms with Crippen molar-refractivity contribution in [1.82, 2.24) is 9.55 Å². The first-order valence-corrected chi connectivity index (χ1v) is 4.35. The number of methoxy groups -OCH3 is 1. The quantitative estimate of drug-likeness (QED) is 0.746. The minimum absolute atomic E-state index is 0. The summed E-state index contributed by atoms with van der Waals surface area (Å²) in [4.78, 5) is 4.26. The van der Waals surface area contributed by atoms with Crippen LogP contribution in [0.1, 0.15) is 0 Å². The molecule has 1 aromatic heterocycles. The van der Waals surface area contributed by atoms with Gasteiger partial charge in [0, 0.05) is 27.2 Å². The number of ether oxygens (including phenoxy) is 1. The third-order valence-electron chi connectivity index (χ3n) is 2.10. The molecule has 1 radical (unpaired) electrons. The fraction of sp³-hybridized carbons (Fsp3) is 0.182. The van der Waals surface area contributed by atoms with Crippen LogP contribution in [-0.4, -0.2) is 16.7 Å². The van der Waals surface area contributed by atoms with Crippen molar-refractivity contribution in [3.63, 3.8) is 0 Å². The van der Waals surface area contributed by atoms with E-state index in [1.165, 1.54) is 0 Å². The Kier molecular flexibility index (Phi) is 4.06. The number of benzene rings is 1. The molecule has 0 saturated carbocycles. The maximum Gasteiger partial charge on any atom is 0.204 e. The van der Waals surface area contributed by atoms with Crippen molar-refractivity contribution in [1.29, 1.82) is 0 Å². The summed E-state index contributed by atoms with van der Waals surface area (Å²) in [7, 11) is 3.55. The van der Waals surface area contributed by atoms with Gasteiger partial charge in [-0.25, -0.2) is 0 Å². The zero-order valence-corrected chi connectivity index (χ0v) is 10.9. The molecule has 0 spiro atoms. The second-order valence-corrected chi connectivity index (χ2v) is 2.96. The van der Waals surface area contributed by atoms with Crippen LogP contribution < -0.4 is 4.74 Å². The number of hydrogen-bond acceptors (Lipinski definition) is 2. The van der Waals surface area contributed by atoms with Crippen molar-refractivity contribution < 1.29 is 24.8 Å². The molecular weight excluding hydrogens is 368 g/mol. The van der Waals surface area contributed by atoms with Gasteiger partial charge in [0.15, 0.2) is 0 Å². The van der Waals surface area contributed by atoms with Crippen molar-refractivity contribution in [2.24, 2.45) is 7.05 Å². The predicted octanol–water partition coefficient (Wildman–Crippen LogP) is 1.89. The summed E-state index contributed by atoms with van der Waals surface area (Å²) in [6, 6.07) is 10.9. The fourth-order valence-corrected chi connectivity index (χ4v) is 1.37. The van der Waals surface area contributed by atoms with Crippen LogP contribution in [0.2, 0.25) is 0 Å². The van der Waals surface area contributed by atoms with E-state index in [0.717, 1.165) is 17.3 Å². The Bertz CT molecular complexity index is 425. The molecule has 81 valence electrons. The molecule has 0 aliphatic carbocycles. The number of hydrogen-bond donors (Lipinski definition) is 0. The summed E-state index contributed by atoms with van der Waals surface area (Å²) < 4.78 is 7.03. The summed E-state index contributed by atoms with van der Waals surface area (Å²) in [5.74, 6) is 1.61. The van der Waals surface area contributed by atoms with Crippen LogP contribution in [-0.2, 0) is 27.2 Å². The van der Waals surface area contributed by atoms with Gasteiger partial charge in [-0.2, -0.15) is 0 Å². The van der Waals surface area contributed by atoms with E-state index in [1.807, 2.05) is 35.9 Å². The van der Waals surface area contributed by atoms with E-state index in [9.17, 15) is 0 Å². The molecule has 0 N–H and O–H groups in total. The Labute approximate surface area is 102 Å². The van der Waals surface area contributed by atoms with E-state index in [-0.39, 0.29) is 20.1 Å². The normalized spacial score (nSPS) is 9.47. The predicted molar refractivity (Wildman–Crippen MR) is 54.0 cm³/mol. The van der Waals surface area contributed by atoms with Crippen molar-refractivity contribution in [2.75, 3.05) is 7.11 Å². The average Bonchev–Trinajstić information content (AvgIpc) is 2.61. The summed E-state index contributed by atoms with van der Waals surface area (Å²) >= 11 is 0. The van der Waals surface area contributed by atoms with Crippen LogP contribution in [0.15, 0.2) is 30.5 Å². The Hall–Kier alpha value is -1.12.